The van der Waals surface area contributed by atoms with Crippen LogP contribution < -0.4 is 10.6 Å². The topological polar surface area (TPSA) is 191 Å². The predicted octanol–water partition coefficient (Wildman–Crippen LogP) is 5.23. The molecule has 3 aromatic heterocycles. The number of rotatable bonds is 14. The third kappa shape index (κ3) is 9.23. The van der Waals surface area contributed by atoms with Crippen LogP contribution >= 0.6 is 11.3 Å². The van der Waals surface area contributed by atoms with Gasteiger partial charge in [0.2, 0.25) is 11.8 Å². The number of amides is 4. The number of carbonyl (C=O) groups is 5. The van der Waals surface area contributed by atoms with E-state index in [1.807, 2.05) is 61.0 Å². The van der Waals surface area contributed by atoms with Crippen molar-refractivity contribution in [2.75, 3.05) is 19.7 Å². The molecule has 4 N–H and O–H groups in total. The molecule has 2 aliphatic rings. The number of H-pyrrole nitrogens is 1. The number of nitrogens with one attached hydrogen (secondary N) is 3. The lowest BCUT2D eigenvalue weighted by Crippen LogP contribution is -2.51. The molecule has 0 radical (unpaired) electrons. The first-order valence-corrected chi connectivity index (χ1v) is 20.9. The SMILES string of the molecule is CC(C)OC(=O)N[C@@H](C(=O)N1CCC[C@H]1C(=O)Cc1cn2cc(-c3ccc(-c4cnc([C@@H]5CCCN5C(=O)[C@@H](NC(=O)CO)C(C)C)[nH]4)cc3)sc2n1)c1ccccc1. The highest BCUT2D eigenvalue weighted by Crippen LogP contribution is 2.34. The summed E-state index contributed by atoms with van der Waals surface area (Å²) >= 11 is 1.51. The van der Waals surface area contributed by atoms with Gasteiger partial charge in [0.1, 0.15) is 24.5 Å². The van der Waals surface area contributed by atoms with Crippen LogP contribution in [0.3, 0.4) is 0 Å². The Labute approximate surface area is 346 Å². The smallest absolute Gasteiger partial charge is 0.408 e. The Morgan fingerprint density at radius 3 is 2.31 bits per heavy atom. The van der Waals surface area contributed by atoms with Gasteiger partial charge in [-0.25, -0.2) is 14.8 Å². The quantitative estimate of drug-likeness (QED) is 0.116. The zero-order valence-corrected chi connectivity index (χ0v) is 34.4. The molecule has 0 spiro atoms. The van der Waals surface area contributed by atoms with Gasteiger partial charge < -0.3 is 35.3 Å². The van der Waals surface area contributed by atoms with Gasteiger partial charge in [0.25, 0.3) is 5.91 Å². The molecular formula is C43H50N8O7S. The minimum Gasteiger partial charge on any atom is -0.447 e. The molecule has 2 aromatic carbocycles. The highest BCUT2D eigenvalue weighted by molar-refractivity contribution is 7.20. The number of hydrogen-bond acceptors (Lipinski definition) is 10. The van der Waals surface area contributed by atoms with Crippen molar-refractivity contribution >= 4 is 45.9 Å². The van der Waals surface area contributed by atoms with Crippen LogP contribution in [0, 0.1) is 5.92 Å². The number of ketones is 1. The molecule has 5 heterocycles. The van der Waals surface area contributed by atoms with Crippen molar-refractivity contribution in [3.8, 4) is 21.7 Å². The van der Waals surface area contributed by atoms with Gasteiger partial charge in [-0.3, -0.25) is 23.6 Å². The Kier molecular flexibility index (Phi) is 12.6. The Morgan fingerprint density at radius 2 is 1.61 bits per heavy atom. The van der Waals surface area contributed by atoms with Crippen LogP contribution in [0.5, 0.6) is 0 Å². The van der Waals surface area contributed by atoms with Crippen molar-refractivity contribution in [1.29, 1.82) is 0 Å². The van der Waals surface area contributed by atoms with Crippen molar-refractivity contribution < 1.29 is 33.8 Å². The molecule has 2 fully saturated rings. The number of thiazole rings is 1. The lowest BCUT2D eigenvalue weighted by molar-refractivity contribution is -0.139. The van der Waals surface area contributed by atoms with Gasteiger partial charge >= 0.3 is 6.09 Å². The van der Waals surface area contributed by atoms with E-state index in [9.17, 15) is 29.1 Å². The summed E-state index contributed by atoms with van der Waals surface area (Å²) in [6.07, 6.45) is 7.40. The second-order valence-corrected chi connectivity index (χ2v) is 16.7. The van der Waals surface area contributed by atoms with E-state index in [-0.39, 0.29) is 42.1 Å². The highest BCUT2D eigenvalue weighted by Gasteiger charge is 2.39. The molecule has 5 aromatic rings. The average Bonchev–Trinajstić information content (AvgIpc) is 4.07. The number of imidazole rings is 2. The summed E-state index contributed by atoms with van der Waals surface area (Å²) in [5.41, 5.74) is 3.98. The molecule has 7 rings (SSSR count). The second-order valence-electron chi connectivity index (χ2n) is 15.7. The normalized spacial score (nSPS) is 17.7. The molecule has 15 nitrogen and oxygen atoms in total. The Morgan fingerprint density at radius 1 is 0.898 bits per heavy atom. The molecular weight excluding hydrogens is 773 g/mol. The van der Waals surface area contributed by atoms with Crippen molar-refractivity contribution in [3.63, 3.8) is 0 Å². The van der Waals surface area contributed by atoms with E-state index >= 15 is 0 Å². The van der Waals surface area contributed by atoms with Crippen LogP contribution in [0.1, 0.15) is 82.5 Å². The van der Waals surface area contributed by atoms with Crippen molar-refractivity contribution in [2.24, 2.45) is 5.92 Å². The summed E-state index contributed by atoms with van der Waals surface area (Å²) in [5, 5.41) is 14.6. The monoisotopic (exact) mass is 822 g/mol. The number of ether oxygens (including phenoxy) is 1. The van der Waals surface area contributed by atoms with Gasteiger partial charge in [-0.05, 0) is 62.1 Å². The molecule has 0 saturated carbocycles. The Bertz CT molecular complexity index is 2270. The van der Waals surface area contributed by atoms with E-state index < -0.39 is 36.7 Å². The van der Waals surface area contributed by atoms with E-state index in [1.54, 1.807) is 54.1 Å². The molecule has 59 heavy (non-hydrogen) atoms. The van der Waals surface area contributed by atoms with Gasteiger partial charge in [-0.15, -0.1) is 0 Å². The highest BCUT2D eigenvalue weighted by atomic mass is 32.1. The predicted molar refractivity (Wildman–Crippen MR) is 221 cm³/mol. The van der Waals surface area contributed by atoms with E-state index in [2.05, 4.69) is 20.6 Å². The third-order valence-corrected chi connectivity index (χ3v) is 11.8. The molecule has 2 saturated heterocycles. The molecule has 310 valence electrons. The van der Waals surface area contributed by atoms with Crippen LogP contribution in [0.25, 0.3) is 26.7 Å². The lowest BCUT2D eigenvalue weighted by Gasteiger charge is -2.30. The fourth-order valence-corrected chi connectivity index (χ4v) is 8.87. The van der Waals surface area contributed by atoms with E-state index in [0.29, 0.717) is 43.0 Å². The van der Waals surface area contributed by atoms with Crippen molar-refractivity contribution in [1.82, 2.24) is 39.8 Å². The summed E-state index contributed by atoms with van der Waals surface area (Å²) in [6, 6.07) is 14.4. The molecule has 0 aliphatic carbocycles. The second kappa shape index (κ2) is 18.0. The number of Topliss-reactive ketones (excluding diaryl/α,β-unsaturated/α-hetero) is 1. The number of aliphatic hydroxyl groups excluding tert-OH is 1. The first kappa shape index (κ1) is 41.3. The maximum Gasteiger partial charge on any atom is 0.408 e. The standard InChI is InChI=1S/C43H50N8O7S/c1-25(2)37(47-36(54)24-52)40(55)51-19-9-13-33(51)39-44-21-31(46-39)27-14-16-28(17-15-27)35-23-49-22-30(45-42(49)59-35)20-34(53)32-12-8-18-50(32)41(56)38(29-10-6-5-7-11-29)48-43(57)58-26(3)4/h5-7,10-11,14-17,21-23,25-26,32-33,37-38,52H,8-9,12-13,18-20,24H2,1-4H3,(H,44,46)(H,47,54)(H,48,57)/t32-,33-,37-,38+/m0/s1. The van der Waals surface area contributed by atoms with Crippen LogP contribution in [-0.2, 0) is 30.3 Å². The van der Waals surface area contributed by atoms with E-state index in [1.165, 1.54) is 11.3 Å². The number of fused-ring (bicyclic) bond motifs is 1. The summed E-state index contributed by atoms with van der Waals surface area (Å²) in [7, 11) is 0. The van der Waals surface area contributed by atoms with Gasteiger partial charge in [0, 0.05) is 25.5 Å². The first-order chi connectivity index (χ1) is 28.4. The maximum absolute atomic E-state index is 13.9. The van der Waals surface area contributed by atoms with Gasteiger partial charge in [-0.2, -0.15) is 0 Å². The summed E-state index contributed by atoms with van der Waals surface area (Å²) < 4.78 is 7.19. The Hall–Kier alpha value is -5.87. The van der Waals surface area contributed by atoms with Crippen LogP contribution in [-0.4, -0.2) is 102 Å². The number of aromatic amines is 1. The zero-order valence-electron chi connectivity index (χ0n) is 33.6. The van der Waals surface area contributed by atoms with Gasteiger partial charge in [0.05, 0.1) is 47.1 Å². The van der Waals surface area contributed by atoms with Gasteiger partial charge in [0.15, 0.2) is 10.7 Å². The third-order valence-electron chi connectivity index (χ3n) is 10.8. The number of alkyl carbamates (subject to hydrolysis) is 1. The average molecular weight is 823 g/mol. The molecule has 0 bridgehead atoms. The van der Waals surface area contributed by atoms with Crippen LogP contribution in [0.15, 0.2) is 73.2 Å². The number of hydrogen-bond donors (Lipinski definition) is 4. The van der Waals surface area contributed by atoms with Crippen molar-refractivity contribution in [3.05, 3.63) is 90.3 Å². The minimum atomic E-state index is -0.989. The first-order valence-electron chi connectivity index (χ1n) is 20.1. The van der Waals surface area contributed by atoms with Gasteiger partial charge in [-0.1, -0.05) is 79.8 Å². The van der Waals surface area contributed by atoms with Crippen LogP contribution in [0.4, 0.5) is 4.79 Å². The number of carbonyl (C=O) groups excluding carboxylic acids is 5. The molecule has 16 heteroatoms. The Balaban J connectivity index is 0.991. The maximum atomic E-state index is 13.9. The minimum absolute atomic E-state index is 0.0727. The molecule has 2 aliphatic heterocycles. The molecule has 0 unspecified atom stereocenters. The van der Waals surface area contributed by atoms with E-state index in [4.69, 9.17) is 9.72 Å². The molecule has 4 amide bonds. The van der Waals surface area contributed by atoms with Crippen LogP contribution in [0.2, 0.25) is 0 Å². The molecule has 4 atom stereocenters. The van der Waals surface area contributed by atoms with Crippen molar-refractivity contribution in [2.45, 2.75) is 90.1 Å². The number of benzene rings is 2. The van der Waals surface area contributed by atoms with E-state index in [0.717, 1.165) is 39.5 Å². The zero-order chi connectivity index (χ0) is 41.8. The fourth-order valence-electron chi connectivity index (χ4n) is 7.88. The summed E-state index contributed by atoms with van der Waals surface area (Å²) in [6.45, 7) is 7.49. The lowest BCUT2D eigenvalue weighted by atomic mass is 10.0. The number of likely N-dealkylation sites (tertiary alicyclic amines) is 2. The number of nitrogens with zero attached hydrogens (tertiary/aromatic N) is 5. The number of aliphatic hydroxyl groups is 1. The largest absolute Gasteiger partial charge is 0.447 e. The fraction of sp³-hybridized carbons (Fsp3) is 0.419. The number of aromatic nitrogens is 4. The summed E-state index contributed by atoms with van der Waals surface area (Å²) in [5.74, 6) is -0.683. The summed E-state index contributed by atoms with van der Waals surface area (Å²) in [4.78, 5) is 83.6.